The summed E-state index contributed by atoms with van der Waals surface area (Å²) >= 11 is 12.1. The lowest BCUT2D eigenvalue weighted by atomic mass is 10.2. The van der Waals surface area contributed by atoms with Gasteiger partial charge in [0.15, 0.2) is 0 Å². The number of piperazine rings is 1. The van der Waals surface area contributed by atoms with Crippen LogP contribution >= 0.6 is 23.2 Å². The van der Waals surface area contributed by atoms with Crippen molar-refractivity contribution >= 4 is 34.1 Å². The van der Waals surface area contributed by atoms with Gasteiger partial charge in [-0.05, 0) is 29.8 Å². The molecular weight excluding hydrogens is 383 g/mol. The average Bonchev–Trinajstić information content (AvgIpc) is 3.09. The summed E-state index contributed by atoms with van der Waals surface area (Å²) in [4.78, 5) is 15.2. The Hall–Kier alpha value is -1.79. The van der Waals surface area contributed by atoms with Crippen LogP contribution in [0.2, 0.25) is 10.0 Å². The van der Waals surface area contributed by atoms with Gasteiger partial charge in [0.2, 0.25) is 0 Å². The maximum atomic E-state index is 12.8. The van der Waals surface area contributed by atoms with E-state index < -0.39 is 0 Å². The van der Waals surface area contributed by atoms with Gasteiger partial charge in [0, 0.05) is 58.2 Å². The topological polar surface area (TPSA) is 42.2 Å². The second kappa shape index (κ2) is 8.07. The van der Waals surface area contributed by atoms with E-state index in [1.54, 1.807) is 6.07 Å². The van der Waals surface area contributed by atoms with Crippen LogP contribution in [0.15, 0.2) is 47.5 Å². The molecule has 0 amide bonds. The Kier molecular flexibility index (Phi) is 5.55. The summed E-state index contributed by atoms with van der Waals surface area (Å²) < 4.78 is 3.88. The van der Waals surface area contributed by atoms with Crippen LogP contribution in [0.25, 0.3) is 10.9 Å². The van der Waals surface area contributed by atoms with Crippen molar-refractivity contribution in [1.29, 1.82) is 0 Å². The Morgan fingerprint density at radius 2 is 1.70 bits per heavy atom. The van der Waals surface area contributed by atoms with E-state index in [0.717, 1.165) is 49.2 Å². The average molecular weight is 405 g/mol. The molecule has 0 saturated carbocycles. The molecule has 1 aliphatic rings. The molecule has 27 heavy (non-hydrogen) atoms. The first kappa shape index (κ1) is 18.6. The van der Waals surface area contributed by atoms with Crippen molar-refractivity contribution in [1.82, 2.24) is 19.4 Å². The number of hydrogen-bond acceptors (Lipinski definition) is 3. The third kappa shape index (κ3) is 4.06. The van der Waals surface area contributed by atoms with Crippen LogP contribution in [0.1, 0.15) is 5.56 Å². The Morgan fingerprint density at radius 1 is 0.926 bits per heavy atom. The van der Waals surface area contributed by atoms with Crippen LogP contribution in [0, 0.1) is 0 Å². The molecule has 0 aliphatic carbocycles. The summed E-state index contributed by atoms with van der Waals surface area (Å²) in [5, 5.41) is 5.19. The minimum Gasteiger partial charge on any atom is -0.343 e. The summed E-state index contributed by atoms with van der Waals surface area (Å²) in [5.74, 6) is 0. The van der Waals surface area contributed by atoms with Crippen LogP contribution in [0.5, 0.6) is 0 Å². The van der Waals surface area contributed by atoms with Crippen molar-refractivity contribution in [2.24, 2.45) is 0 Å². The minimum absolute atomic E-state index is 0.0653. The van der Waals surface area contributed by atoms with Gasteiger partial charge >= 0.3 is 0 Å². The summed E-state index contributed by atoms with van der Waals surface area (Å²) in [6, 6.07) is 9.54. The molecule has 4 rings (SSSR count). The fourth-order valence-electron chi connectivity index (χ4n) is 3.57. The van der Waals surface area contributed by atoms with Gasteiger partial charge in [0.1, 0.15) is 0 Å². The van der Waals surface area contributed by atoms with Crippen molar-refractivity contribution in [2.45, 2.75) is 13.1 Å². The molecule has 0 radical (unpaired) electrons. The largest absolute Gasteiger partial charge is 0.343 e. The smallest absolute Gasteiger partial charge is 0.260 e. The molecule has 1 saturated heterocycles. The summed E-state index contributed by atoms with van der Waals surface area (Å²) in [6.07, 6.45) is 3.85. The van der Waals surface area contributed by atoms with E-state index in [2.05, 4.69) is 14.8 Å². The van der Waals surface area contributed by atoms with Crippen LogP contribution in [0.3, 0.4) is 0 Å². The number of benzene rings is 1. The highest BCUT2D eigenvalue weighted by Crippen LogP contribution is 2.23. The molecule has 0 spiro atoms. The second-order valence-electron chi connectivity index (χ2n) is 6.90. The minimum atomic E-state index is 0.0653. The molecule has 142 valence electrons. The molecule has 1 fully saturated rings. The monoisotopic (exact) mass is 404 g/mol. The van der Waals surface area contributed by atoms with Crippen molar-refractivity contribution in [3.63, 3.8) is 0 Å². The summed E-state index contributed by atoms with van der Waals surface area (Å²) in [7, 11) is 0. The number of hydrogen-bond donors (Lipinski definition) is 1. The third-order valence-electron chi connectivity index (χ3n) is 5.11. The number of aromatic nitrogens is 2. The molecule has 0 bridgehead atoms. The predicted molar refractivity (Wildman–Crippen MR) is 111 cm³/mol. The van der Waals surface area contributed by atoms with E-state index in [-0.39, 0.29) is 5.56 Å². The molecule has 3 aromatic rings. The molecule has 1 aliphatic heterocycles. The normalized spacial score (nSPS) is 15.5. The van der Waals surface area contributed by atoms with Gasteiger partial charge in [-0.2, -0.15) is 0 Å². The SMILES string of the molecule is O=c1c2ccn(Cc3ccc(Cl)c(Cl)c3)c2ccn1CCN1CCNCC1. The molecule has 2 aromatic heterocycles. The zero-order valence-corrected chi connectivity index (χ0v) is 16.5. The molecule has 0 unspecified atom stereocenters. The zero-order chi connectivity index (χ0) is 18.8. The van der Waals surface area contributed by atoms with Gasteiger partial charge in [0.05, 0.1) is 20.9 Å². The number of rotatable bonds is 5. The molecule has 0 atom stereocenters. The summed E-state index contributed by atoms with van der Waals surface area (Å²) in [5.41, 5.74) is 2.05. The first-order valence-electron chi connectivity index (χ1n) is 9.17. The highest BCUT2D eigenvalue weighted by molar-refractivity contribution is 6.42. The molecule has 7 heteroatoms. The van der Waals surface area contributed by atoms with Crippen LogP contribution in [-0.4, -0.2) is 46.8 Å². The zero-order valence-electron chi connectivity index (χ0n) is 15.0. The van der Waals surface area contributed by atoms with E-state index in [4.69, 9.17) is 23.2 Å². The highest BCUT2D eigenvalue weighted by Gasteiger charge is 2.12. The Bertz CT molecular complexity index is 1000. The van der Waals surface area contributed by atoms with Gasteiger partial charge in [-0.25, -0.2) is 0 Å². The van der Waals surface area contributed by atoms with E-state index in [1.165, 1.54) is 0 Å². The highest BCUT2D eigenvalue weighted by atomic mass is 35.5. The number of pyridine rings is 1. The Morgan fingerprint density at radius 3 is 2.48 bits per heavy atom. The molecule has 5 nitrogen and oxygen atoms in total. The predicted octanol–water partition coefficient (Wildman–Crippen LogP) is 3.06. The van der Waals surface area contributed by atoms with Crippen LogP contribution in [-0.2, 0) is 13.1 Å². The molecule has 1 N–H and O–H groups in total. The Labute approximate surface area is 168 Å². The lowest BCUT2D eigenvalue weighted by molar-refractivity contribution is 0.232. The van der Waals surface area contributed by atoms with Gasteiger partial charge in [-0.15, -0.1) is 0 Å². The standard InChI is InChI=1S/C20H22Cl2N4O/c21-17-2-1-15(13-18(17)22)14-26-7-3-16-19(26)4-8-25(20(16)27)12-11-24-9-5-23-6-10-24/h1-4,7-8,13,23H,5-6,9-12,14H2. The van der Waals surface area contributed by atoms with Crippen LogP contribution < -0.4 is 10.9 Å². The molecule has 3 heterocycles. The molecular formula is C20H22Cl2N4O. The van der Waals surface area contributed by atoms with Gasteiger partial charge in [-0.3, -0.25) is 9.69 Å². The van der Waals surface area contributed by atoms with E-state index in [9.17, 15) is 4.79 Å². The lowest BCUT2D eigenvalue weighted by Gasteiger charge is -2.27. The van der Waals surface area contributed by atoms with Crippen molar-refractivity contribution in [3.05, 3.63) is 68.7 Å². The molecule has 1 aromatic carbocycles. The summed E-state index contributed by atoms with van der Waals surface area (Å²) in [6.45, 7) is 6.37. The van der Waals surface area contributed by atoms with E-state index in [1.807, 2.05) is 41.2 Å². The van der Waals surface area contributed by atoms with Gasteiger partial charge < -0.3 is 14.5 Å². The first-order chi connectivity index (χ1) is 13.1. The van der Waals surface area contributed by atoms with Crippen molar-refractivity contribution in [2.75, 3.05) is 32.7 Å². The van der Waals surface area contributed by atoms with Crippen molar-refractivity contribution in [3.8, 4) is 0 Å². The first-order valence-corrected chi connectivity index (χ1v) is 9.93. The van der Waals surface area contributed by atoms with Crippen LogP contribution in [0.4, 0.5) is 0 Å². The van der Waals surface area contributed by atoms with Gasteiger partial charge in [-0.1, -0.05) is 29.3 Å². The number of halogens is 2. The fourth-order valence-corrected chi connectivity index (χ4v) is 3.89. The van der Waals surface area contributed by atoms with E-state index in [0.29, 0.717) is 23.1 Å². The number of nitrogens with one attached hydrogen (secondary N) is 1. The number of fused-ring (bicyclic) bond motifs is 1. The fraction of sp³-hybridized carbons (Fsp3) is 0.350. The Balaban J connectivity index is 1.54. The van der Waals surface area contributed by atoms with Gasteiger partial charge in [0.25, 0.3) is 5.56 Å². The van der Waals surface area contributed by atoms with Crippen molar-refractivity contribution < 1.29 is 0 Å². The second-order valence-corrected chi connectivity index (χ2v) is 7.71. The maximum Gasteiger partial charge on any atom is 0.260 e. The quantitative estimate of drug-likeness (QED) is 0.710. The third-order valence-corrected chi connectivity index (χ3v) is 5.85. The number of nitrogens with zero attached hydrogens (tertiary/aromatic N) is 3. The maximum absolute atomic E-state index is 12.8. The van der Waals surface area contributed by atoms with E-state index >= 15 is 0 Å². The lowest BCUT2D eigenvalue weighted by Crippen LogP contribution is -2.45.